The van der Waals surface area contributed by atoms with E-state index in [-0.39, 0.29) is 11.4 Å². The molecule has 1 amide bonds. The third-order valence-corrected chi connectivity index (χ3v) is 6.46. The zero-order valence-corrected chi connectivity index (χ0v) is 19.4. The molecule has 3 aromatic heterocycles. The summed E-state index contributed by atoms with van der Waals surface area (Å²) in [5.74, 6) is 0.618. The number of H-pyrrole nitrogens is 1. The zero-order chi connectivity index (χ0) is 22.5. The summed E-state index contributed by atoms with van der Waals surface area (Å²) in [6.07, 6.45) is 3.81. The van der Waals surface area contributed by atoms with Crippen LogP contribution < -0.4 is 5.32 Å². The molecule has 7 heteroatoms. The maximum atomic E-state index is 12.6. The second-order valence-electron chi connectivity index (χ2n) is 8.99. The fourth-order valence-electron chi connectivity index (χ4n) is 3.76. The zero-order valence-electron chi connectivity index (χ0n) is 18.6. The first-order valence-corrected chi connectivity index (χ1v) is 11.4. The lowest BCUT2D eigenvalue weighted by Gasteiger charge is -2.20. The van der Waals surface area contributed by atoms with Gasteiger partial charge in [-0.1, -0.05) is 12.1 Å². The van der Waals surface area contributed by atoms with Crippen LogP contribution in [0.25, 0.3) is 32.4 Å². The van der Waals surface area contributed by atoms with Gasteiger partial charge in [-0.3, -0.25) is 4.79 Å². The first kappa shape index (κ1) is 20.5. The number of nitrogens with one attached hydrogen (secondary N) is 2. The molecule has 0 fully saturated rings. The van der Waals surface area contributed by atoms with E-state index in [0.717, 1.165) is 38.5 Å². The number of aromatic amines is 1. The molecule has 0 spiro atoms. The Morgan fingerprint density at radius 3 is 2.62 bits per heavy atom. The van der Waals surface area contributed by atoms with Crippen LogP contribution in [0.15, 0.2) is 54.9 Å². The Bertz CT molecular complexity index is 1450. The standard InChI is InChI=1S/C25H25N5OS/c1-15-27-21-12-17(6-8-22(21)32-15)16-5-7-19-20(11-16)29-23(28-19)13-26-24(31)18-9-10-30(14-18)25(2,3)4/h5-12,14H,13H2,1-4H3,(H,26,31)(H,28,29). The Morgan fingerprint density at radius 2 is 1.84 bits per heavy atom. The lowest BCUT2D eigenvalue weighted by Crippen LogP contribution is -2.24. The number of fused-ring (bicyclic) bond motifs is 2. The van der Waals surface area contributed by atoms with Crippen LogP contribution in [-0.4, -0.2) is 25.4 Å². The third kappa shape index (κ3) is 3.91. The summed E-state index contributed by atoms with van der Waals surface area (Å²) in [7, 11) is 0. The van der Waals surface area contributed by atoms with Crippen molar-refractivity contribution < 1.29 is 4.79 Å². The number of benzene rings is 2. The van der Waals surface area contributed by atoms with E-state index in [1.807, 2.05) is 36.0 Å². The van der Waals surface area contributed by atoms with Gasteiger partial charge in [0.2, 0.25) is 0 Å². The van der Waals surface area contributed by atoms with Crippen molar-refractivity contribution >= 4 is 38.5 Å². The Morgan fingerprint density at radius 1 is 1.06 bits per heavy atom. The van der Waals surface area contributed by atoms with Crippen molar-refractivity contribution in [3.05, 3.63) is 71.3 Å². The highest BCUT2D eigenvalue weighted by molar-refractivity contribution is 7.18. The number of rotatable bonds is 4. The van der Waals surface area contributed by atoms with E-state index in [1.165, 1.54) is 4.70 Å². The number of aromatic nitrogens is 4. The quantitative estimate of drug-likeness (QED) is 0.378. The molecule has 5 rings (SSSR count). The maximum Gasteiger partial charge on any atom is 0.253 e. The van der Waals surface area contributed by atoms with E-state index in [0.29, 0.717) is 12.1 Å². The summed E-state index contributed by atoms with van der Waals surface area (Å²) in [6.45, 7) is 8.68. The van der Waals surface area contributed by atoms with Crippen molar-refractivity contribution in [3.63, 3.8) is 0 Å². The summed E-state index contributed by atoms with van der Waals surface area (Å²) >= 11 is 1.71. The van der Waals surface area contributed by atoms with E-state index in [4.69, 9.17) is 0 Å². The number of aryl methyl sites for hydroxylation is 1. The smallest absolute Gasteiger partial charge is 0.253 e. The third-order valence-electron chi connectivity index (χ3n) is 5.50. The van der Waals surface area contributed by atoms with Crippen molar-refractivity contribution in [2.75, 3.05) is 0 Å². The van der Waals surface area contributed by atoms with Crippen LogP contribution in [0.5, 0.6) is 0 Å². The largest absolute Gasteiger partial charge is 0.348 e. The number of amides is 1. The molecule has 0 saturated carbocycles. The van der Waals surface area contributed by atoms with Gasteiger partial charge in [0.05, 0.1) is 38.4 Å². The molecule has 0 aliphatic heterocycles. The van der Waals surface area contributed by atoms with Crippen LogP contribution in [0.1, 0.15) is 42.0 Å². The van der Waals surface area contributed by atoms with E-state index in [9.17, 15) is 4.79 Å². The maximum absolute atomic E-state index is 12.6. The Kier molecular flexibility index (Phi) is 4.86. The lowest BCUT2D eigenvalue weighted by molar-refractivity contribution is 0.0950. The van der Waals surface area contributed by atoms with Gasteiger partial charge >= 0.3 is 0 Å². The van der Waals surface area contributed by atoms with Crippen LogP contribution in [0.2, 0.25) is 0 Å². The van der Waals surface area contributed by atoms with Crippen LogP contribution in [0.4, 0.5) is 0 Å². The van der Waals surface area contributed by atoms with Crippen molar-refractivity contribution in [1.82, 2.24) is 24.8 Å². The fraction of sp³-hybridized carbons (Fsp3) is 0.240. The minimum absolute atomic E-state index is 0.0577. The second-order valence-corrected chi connectivity index (χ2v) is 10.2. The van der Waals surface area contributed by atoms with Gasteiger partial charge in [0.15, 0.2) is 0 Å². The van der Waals surface area contributed by atoms with Crippen LogP contribution in [-0.2, 0) is 12.1 Å². The predicted molar refractivity (Wildman–Crippen MR) is 130 cm³/mol. The lowest BCUT2D eigenvalue weighted by atomic mass is 10.0. The molecule has 0 aliphatic carbocycles. The molecule has 6 nitrogen and oxygen atoms in total. The molecule has 2 aromatic carbocycles. The first-order chi connectivity index (χ1) is 15.3. The molecular formula is C25H25N5OS. The van der Waals surface area contributed by atoms with E-state index < -0.39 is 0 Å². The van der Waals surface area contributed by atoms with Gasteiger partial charge < -0.3 is 14.9 Å². The number of thiazole rings is 1. The normalized spacial score (nSPS) is 12.0. The number of hydrogen-bond donors (Lipinski definition) is 2. The topological polar surface area (TPSA) is 75.6 Å². The minimum atomic E-state index is -0.110. The molecule has 0 unspecified atom stereocenters. The molecule has 0 aliphatic rings. The van der Waals surface area contributed by atoms with E-state index >= 15 is 0 Å². The van der Waals surface area contributed by atoms with Crippen molar-refractivity contribution in [2.45, 2.75) is 39.8 Å². The number of nitrogens with zero attached hydrogens (tertiary/aromatic N) is 3. The van der Waals surface area contributed by atoms with Crippen molar-refractivity contribution in [1.29, 1.82) is 0 Å². The molecule has 162 valence electrons. The molecule has 3 heterocycles. The molecular weight excluding hydrogens is 418 g/mol. The van der Waals surface area contributed by atoms with Crippen LogP contribution in [0, 0.1) is 6.92 Å². The first-order valence-electron chi connectivity index (χ1n) is 10.6. The molecule has 2 N–H and O–H groups in total. The summed E-state index contributed by atoms with van der Waals surface area (Å²) in [6, 6.07) is 14.4. The second kappa shape index (κ2) is 7.60. The van der Waals surface area contributed by atoms with E-state index in [2.05, 4.69) is 71.4 Å². The van der Waals surface area contributed by atoms with Crippen LogP contribution in [0.3, 0.4) is 0 Å². The monoisotopic (exact) mass is 443 g/mol. The molecule has 0 saturated heterocycles. The molecule has 32 heavy (non-hydrogen) atoms. The van der Waals surface area contributed by atoms with Crippen molar-refractivity contribution in [2.24, 2.45) is 0 Å². The van der Waals surface area contributed by atoms with Crippen molar-refractivity contribution in [3.8, 4) is 11.1 Å². The highest BCUT2D eigenvalue weighted by Crippen LogP contribution is 2.29. The summed E-state index contributed by atoms with van der Waals surface area (Å²) < 4.78 is 3.24. The highest BCUT2D eigenvalue weighted by Gasteiger charge is 2.15. The average Bonchev–Trinajstić information content (AvgIpc) is 3.47. The van der Waals surface area contributed by atoms with Gasteiger partial charge in [-0.25, -0.2) is 9.97 Å². The van der Waals surface area contributed by atoms with Gasteiger partial charge in [0.1, 0.15) is 5.82 Å². The minimum Gasteiger partial charge on any atom is -0.348 e. The van der Waals surface area contributed by atoms with Gasteiger partial charge in [-0.2, -0.15) is 0 Å². The van der Waals surface area contributed by atoms with Gasteiger partial charge in [-0.15, -0.1) is 11.3 Å². The predicted octanol–water partition coefficient (Wildman–Crippen LogP) is 5.63. The van der Waals surface area contributed by atoms with Gasteiger partial charge in [0.25, 0.3) is 5.91 Å². The van der Waals surface area contributed by atoms with E-state index in [1.54, 1.807) is 11.3 Å². The fourth-order valence-corrected chi connectivity index (χ4v) is 4.57. The Balaban J connectivity index is 1.33. The number of imidazole rings is 1. The highest BCUT2D eigenvalue weighted by atomic mass is 32.1. The average molecular weight is 444 g/mol. The van der Waals surface area contributed by atoms with Gasteiger partial charge in [-0.05, 0) is 69.2 Å². The van der Waals surface area contributed by atoms with Gasteiger partial charge in [0, 0.05) is 17.9 Å². The molecule has 0 radical (unpaired) electrons. The molecule has 0 atom stereocenters. The summed E-state index contributed by atoms with van der Waals surface area (Å²) in [4.78, 5) is 25.1. The Hall–Kier alpha value is -3.45. The summed E-state index contributed by atoms with van der Waals surface area (Å²) in [5.41, 5.74) is 5.66. The summed E-state index contributed by atoms with van der Waals surface area (Å²) in [5, 5.41) is 4.03. The number of hydrogen-bond acceptors (Lipinski definition) is 4. The molecule has 5 aromatic rings. The molecule has 0 bridgehead atoms. The Labute approximate surface area is 190 Å². The number of carbonyl (C=O) groups is 1. The SMILES string of the molecule is Cc1nc2cc(-c3ccc4nc(CNC(=O)c5ccn(C(C)(C)C)c5)[nH]c4c3)ccc2s1. The van der Waals surface area contributed by atoms with Crippen LogP contribution >= 0.6 is 11.3 Å². The number of carbonyl (C=O) groups excluding carboxylic acids is 1.